The first-order chi connectivity index (χ1) is 20.0. The third-order valence-corrected chi connectivity index (χ3v) is 9.55. The fraction of sp³-hybridized carbons (Fsp3) is 0.171. The van der Waals surface area contributed by atoms with Gasteiger partial charge in [0.15, 0.2) is 5.78 Å². The highest BCUT2D eigenvalue weighted by atomic mass is 32.2. The highest BCUT2D eigenvalue weighted by molar-refractivity contribution is 7.93. The first-order valence-electron chi connectivity index (χ1n) is 14.0. The predicted octanol–water partition coefficient (Wildman–Crippen LogP) is 7.01. The summed E-state index contributed by atoms with van der Waals surface area (Å²) in [5.41, 5.74) is 7.25. The Morgan fingerprint density at radius 3 is 1.71 bits per heavy atom. The number of carbonyl (C=O) groups excluding carboxylic acids is 1. The number of nitrogens with zero attached hydrogens (tertiary/aromatic N) is 2. The molecule has 0 spiro atoms. The molecule has 0 aliphatic carbocycles. The van der Waals surface area contributed by atoms with Crippen molar-refractivity contribution in [2.45, 2.75) is 12.8 Å². The molecule has 2 aliphatic rings. The number of Topliss-reactive ketones (excluding diaryl/α,β-unsaturated/α-hetero) is 1. The highest BCUT2D eigenvalue weighted by Crippen LogP contribution is 2.33. The van der Waals surface area contributed by atoms with Crippen LogP contribution in [0, 0.1) is 0 Å². The van der Waals surface area contributed by atoms with E-state index in [0.29, 0.717) is 25.2 Å². The van der Waals surface area contributed by atoms with Gasteiger partial charge in [-0.1, -0.05) is 91.0 Å². The van der Waals surface area contributed by atoms with Crippen molar-refractivity contribution in [2.75, 3.05) is 26.2 Å². The molecule has 0 saturated carbocycles. The molecular formula is C35H32N2O3S. The second-order valence-corrected chi connectivity index (χ2v) is 12.4. The molecule has 206 valence electrons. The van der Waals surface area contributed by atoms with Gasteiger partial charge in [-0.05, 0) is 70.5 Å². The van der Waals surface area contributed by atoms with E-state index < -0.39 is 10.0 Å². The van der Waals surface area contributed by atoms with Crippen LogP contribution in [-0.2, 0) is 10.0 Å². The van der Waals surface area contributed by atoms with Gasteiger partial charge in [-0.3, -0.25) is 4.79 Å². The van der Waals surface area contributed by atoms with Crippen LogP contribution in [0.15, 0.2) is 126 Å². The van der Waals surface area contributed by atoms with Gasteiger partial charge in [0.1, 0.15) is 0 Å². The van der Waals surface area contributed by atoms with Gasteiger partial charge in [0, 0.05) is 31.4 Å². The SMILES string of the molecule is O=C(CN1C=C(S(=O)(=O)N2CCCC2)C=CC1)c1ccc(-c2cc(-c3ccccc3)cc(-c3ccccc3)c2)cc1. The summed E-state index contributed by atoms with van der Waals surface area (Å²) >= 11 is 0. The lowest BCUT2D eigenvalue weighted by Gasteiger charge is -2.24. The first-order valence-corrected chi connectivity index (χ1v) is 15.4. The quantitative estimate of drug-likeness (QED) is 0.218. The van der Waals surface area contributed by atoms with Crippen LogP contribution in [0.4, 0.5) is 0 Å². The zero-order valence-electron chi connectivity index (χ0n) is 22.8. The van der Waals surface area contributed by atoms with Gasteiger partial charge in [0.2, 0.25) is 10.0 Å². The average molecular weight is 561 g/mol. The summed E-state index contributed by atoms with van der Waals surface area (Å²) < 4.78 is 27.5. The monoisotopic (exact) mass is 560 g/mol. The van der Waals surface area contributed by atoms with E-state index in [-0.39, 0.29) is 17.2 Å². The zero-order chi connectivity index (χ0) is 28.2. The maximum absolute atomic E-state index is 13.2. The van der Waals surface area contributed by atoms with E-state index >= 15 is 0 Å². The highest BCUT2D eigenvalue weighted by Gasteiger charge is 2.29. The third-order valence-electron chi connectivity index (χ3n) is 7.67. The summed E-state index contributed by atoms with van der Waals surface area (Å²) in [4.78, 5) is 15.2. The fourth-order valence-electron chi connectivity index (χ4n) is 5.43. The fourth-order valence-corrected chi connectivity index (χ4v) is 7.02. The molecule has 5 nitrogen and oxygen atoms in total. The Morgan fingerprint density at radius 2 is 1.17 bits per heavy atom. The van der Waals surface area contributed by atoms with Gasteiger partial charge < -0.3 is 4.90 Å². The van der Waals surface area contributed by atoms with Crippen LogP contribution in [0.3, 0.4) is 0 Å². The molecule has 0 unspecified atom stereocenters. The molecule has 0 amide bonds. The van der Waals surface area contributed by atoms with Crippen LogP contribution in [0.1, 0.15) is 23.2 Å². The van der Waals surface area contributed by atoms with Crippen LogP contribution >= 0.6 is 0 Å². The van der Waals surface area contributed by atoms with E-state index in [1.807, 2.05) is 66.7 Å². The molecule has 2 aliphatic heterocycles. The maximum atomic E-state index is 13.2. The predicted molar refractivity (Wildman–Crippen MR) is 166 cm³/mol. The maximum Gasteiger partial charge on any atom is 0.244 e. The van der Waals surface area contributed by atoms with Crippen molar-refractivity contribution >= 4 is 15.8 Å². The Balaban J connectivity index is 1.23. The van der Waals surface area contributed by atoms with Crippen molar-refractivity contribution in [1.29, 1.82) is 0 Å². The first kappa shape index (κ1) is 26.9. The molecule has 4 aromatic rings. The van der Waals surface area contributed by atoms with E-state index in [4.69, 9.17) is 0 Å². The smallest absolute Gasteiger partial charge is 0.244 e. The molecule has 0 aromatic heterocycles. The Kier molecular flexibility index (Phi) is 7.68. The van der Waals surface area contributed by atoms with Gasteiger partial charge in [0.25, 0.3) is 0 Å². The molecule has 0 radical (unpaired) electrons. The van der Waals surface area contributed by atoms with Crippen molar-refractivity contribution in [2.24, 2.45) is 0 Å². The van der Waals surface area contributed by atoms with Gasteiger partial charge >= 0.3 is 0 Å². The van der Waals surface area contributed by atoms with Gasteiger partial charge in [-0.2, -0.15) is 4.31 Å². The van der Waals surface area contributed by atoms with Crippen molar-refractivity contribution in [3.8, 4) is 33.4 Å². The number of ketones is 1. The minimum atomic E-state index is -3.52. The summed E-state index contributed by atoms with van der Waals surface area (Å²) in [7, 11) is -3.52. The number of hydrogen-bond donors (Lipinski definition) is 0. The topological polar surface area (TPSA) is 57.7 Å². The average Bonchev–Trinajstić information content (AvgIpc) is 3.58. The molecule has 0 N–H and O–H groups in total. The van der Waals surface area contributed by atoms with Crippen LogP contribution in [0.2, 0.25) is 0 Å². The number of sulfonamides is 1. The van der Waals surface area contributed by atoms with E-state index in [0.717, 1.165) is 46.2 Å². The summed E-state index contributed by atoms with van der Waals surface area (Å²) in [5.74, 6) is -0.0518. The molecular weight excluding hydrogens is 528 g/mol. The zero-order valence-corrected chi connectivity index (χ0v) is 23.6. The largest absolute Gasteiger partial charge is 0.365 e. The molecule has 0 bridgehead atoms. The summed E-state index contributed by atoms with van der Waals surface area (Å²) in [6, 6.07) is 34.9. The van der Waals surface area contributed by atoms with Crippen molar-refractivity contribution < 1.29 is 13.2 Å². The lowest BCUT2D eigenvalue weighted by Crippen LogP contribution is -2.33. The molecule has 1 saturated heterocycles. The van der Waals surface area contributed by atoms with Gasteiger partial charge in [0.05, 0.1) is 11.4 Å². The van der Waals surface area contributed by atoms with Gasteiger partial charge in [-0.25, -0.2) is 8.42 Å². The summed E-state index contributed by atoms with van der Waals surface area (Å²) in [6.45, 7) is 1.72. The number of rotatable bonds is 8. The molecule has 6 heteroatoms. The minimum Gasteiger partial charge on any atom is -0.365 e. The summed E-state index contributed by atoms with van der Waals surface area (Å²) in [5, 5.41) is 0. The summed E-state index contributed by atoms with van der Waals surface area (Å²) in [6.07, 6.45) is 6.84. The second kappa shape index (κ2) is 11.7. The molecule has 6 rings (SSSR count). The number of benzene rings is 4. The number of allylic oxidation sites excluding steroid dienone is 1. The number of hydrogen-bond acceptors (Lipinski definition) is 4. The Morgan fingerprint density at radius 1 is 0.659 bits per heavy atom. The Bertz CT molecular complexity index is 1650. The van der Waals surface area contributed by atoms with E-state index in [1.165, 1.54) is 4.31 Å². The Labute approximate surface area is 242 Å². The third kappa shape index (κ3) is 5.94. The molecule has 41 heavy (non-hydrogen) atoms. The van der Waals surface area contributed by atoms with Crippen LogP contribution in [0.25, 0.3) is 33.4 Å². The van der Waals surface area contributed by atoms with Crippen molar-refractivity contribution in [3.63, 3.8) is 0 Å². The number of carbonyl (C=O) groups is 1. The van der Waals surface area contributed by atoms with Crippen LogP contribution in [-0.4, -0.2) is 49.6 Å². The second-order valence-electron chi connectivity index (χ2n) is 10.5. The normalized spacial score (nSPS) is 15.6. The molecule has 2 heterocycles. The Hall–Kier alpha value is -4.26. The lowest BCUT2D eigenvalue weighted by molar-refractivity contribution is 0.0959. The van der Waals surface area contributed by atoms with E-state index in [9.17, 15) is 13.2 Å². The van der Waals surface area contributed by atoms with Crippen molar-refractivity contribution in [3.05, 3.63) is 132 Å². The van der Waals surface area contributed by atoms with E-state index in [1.54, 1.807) is 17.2 Å². The van der Waals surface area contributed by atoms with Crippen molar-refractivity contribution in [1.82, 2.24) is 9.21 Å². The minimum absolute atomic E-state index is 0.0518. The molecule has 4 aromatic carbocycles. The van der Waals surface area contributed by atoms with E-state index in [2.05, 4.69) is 42.5 Å². The molecule has 1 fully saturated rings. The van der Waals surface area contributed by atoms with Gasteiger partial charge in [-0.15, -0.1) is 0 Å². The lowest BCUT2D eigenvalue weighted by atomic mass is 9.93. The standard InChI is InChI=1S/C35H32N2O3S/c38-35(26-36-19-9-14-34(25-36)41(39,40)37-20-7-8-21-37)30-17-15-29(16-18-30)33-23-31(27-10-3-1-4-11-27)22-32(24-33)28-12-5-2-6-13-28/h1-6,9-18,22-25H,7-8,19-21,26H2. The van der Waals surface area contributed by atoms with Crippen LogP contribution < -0.4 is 0 Å². The van der Waals surface area contributed by atoms with Crippen LogP contribution in [0.5, 0.6) is 0 Å². The molecule has 0 atom stereocenters.